The van der Waals surface area contributed by atoms with Crippen molar-refractivity contribution in [2.24, 2.45) is 5.73 Å². The Morgan fingerprint density at radius 2 is 1.57 bits per heavy atom. The van der Waals surface area contributed by atoms with Crippen molar-refractivity contribution in [3.05, 3.63) is 71.8 Å². The van der Waals surface area contributed by atoms with Crippen LogP contribution < -0.4 is 5.73 Å². The van der Waals surface area contributed by atoms with E-state index in [9.17, 15) is 4.79 Å². The third-order valence-electron chi connectivity index (χ3n) is 8.05. The highest BCUT2D eigenvalue weighted by Crippen LogP contribution is 2.34. The summed E-state index contributed by atoms with van der Waals surface area (Å²) < 4.78 is 5.50. The largest absolute Gasteiger partial charge is 0.463 e. The van der Waals surface area contributed by atoms with E-state index in [1.807, 2.05) is 26.2 Å². The summed E-state index contributed by atoms with van der Waals surface area (Å²) in [5.74, 6) is 1.73. The number of H-pyrrole nitrogens is 2. The molecular weight excluding hydrogens is 526 g/mol. The van der Waals surface area contributed by atoms with Crippen LogP contribution in [0.2, 0.25) is 0 Å². The van der Waals surface area contributed by atoms with Gasteiger partial charge in [0.25, 0.3) is 0 Å². The summed E-state index contributed by atoms with van der Waals surface area (Å²) in [7, 11) is 0. The number of rotatable bonds is 20. The van der Waals surface area contributed by atoms with Crippen LogP contribution in [0.3, 0.4) is 0 Å². The fourth-order valence-corrected chi connectivity index (χ4v) is 6.03. The van der Waals surface area contributed by atoms with Crippen LogP contribution in [-0.4, -0.2) is 60.4 Å². The third kappa shape index (κ3) is 10.1. The standard InChI is InChI=1S/C33H53N7O2/c1-6-14-33(15-7-2,16-8-17-34)40(22-13-31(41)42-26(3)4)24-29-11-9-28(10-12-29)23-39(25-30-35-18-19-36-30)27(5)32-37-20-21-38-32/h9-12,18-21,26-27H,6-8,13-17,22-25,34H2,1-5H3,(H,35,36)(H,37,38). The van der Waals surface area contributed by atoms with E-state index in [0.29, 0.717) is 26.1 Å². The van der Waals surface area contributed by atoms with Crippen molar-refractivity contribution < 1.29 is 9.53 Å². The number of ether oxygens (including phenoxy) is 1. The van der Waals surface area contributed by atoms with Crippen LogP contribution in [0.5, 0.6) is 0 Å². The predicted octanol–water partition coefficient (Wildman–Crippen LogP) is 6.12. The summed E-state index contributed by atoms with van der Waals surface area (Å²) in [6.07, 6.45) is 14.0. The lowest BCUT2D eigenvalue weighted by Gasteiger charge is -2.45. The van der Waals surface area contributed by atoms with Gasteiger partial charge in [-0.05, 0) is 64.1 Å². The van der Waals surface area contributed by atoms with Gasteiger partial charge in [0.05, 0.1) is 25.1 Å². The molecule has 9 nitrogen and oxygen atoms in total. The first-order valence-electron chi connectivity index (χ1n) is 15.7. The molecule has 3 rings (SSSR count). The van der Waals surface area contributed by atoms with Gasteiger partial charge < -0.3 is 20.4 Å². The van der Waals surface area contributed by atoms with Crippen LogP contribution >= 0.6 is 0 Å². The smallest absolute Gasteiger partial charge is 0.307 e. The fraction of sp³-hybridized carbons (Fsp3) is 0.606. The average Bonchev–Trinajstić information content (AvgIpc) is 3.69. The van der Waals surface area contributed by atoms with Crippen molar-refractivity contribution in [2.75, 3.05) is 13.1 Å². The summed E-state index contributed by atoms with van der Waals surface area (Å²) >= 11 is 0. The van der Waals surface area contributed by atoms with Gasteiger partial charge in [-0.3, -0.25) is 14.6 Å². The van der Waals surface area contributed by atoms with Gasteiger partial charge in [-0.25, -0.2) is 9.97 Å². The maximum Gasteiger partial charge on any atom is 0.307 e. The molecule has 0 aliphatic heterocycles. The molecular formula is C33H53N7O2. The number of nitrogens with two attached hydrogens (primary N) is 1. The molecule has 2 aromatic heterocycles. The summed E-state index contributed by atoms with van der Waals surface area (Å²) in [6.45, 7) is 14.1. The lowest BCUT2D eigenvalue weighted by atomic mass is 9.81. The van der Waals surface area contributed by atoms with Crippen LogP contribution in [0.25, 0.3) is 0 Å². The molecule has 2 heterocycles. The van der Waals surface area contributed by atoms with Crippen molar-refractivity contribution in [1.29, 1.82) is 0 Å². The minimum absolute atomic E-state index is 0.0119. The van der Waals surface area contributed by atoms with Crippen LogP contribution in [-0.2, 0) is 29.2 Å². The highest BCUT2D eigenvalue weighted by Gasteiger charge is 2.35. The molecule has 0 spiro atoms. The second-order valence-corrected chi connectivity index (χ2v) is 11.7. The normalized spacial score (nSPS) is 12.9. The first kappa shape index (κ1) is 33.5. The number of carbonyl (C=O) groups excluding carboxylic acids is 1. The van der Waals surface area contributed by atoms with E-state index in [1.54, 1.807) is 12.4 Å². The first-order valence-corrected chi connectivity index (χ1v) is 15.7. The van der Waals surface area contributed by atoms with Gasteiger partial charge in [0.15, 0.2) is 0 Å². The minimum atomic E-state index is -0.131. The van der Waals surface area contributed by atoms with Crippen molar-refractivity contribution in [2.45, 2.75) is 117 Å². The first-order chi connectivity index (χ1) is 20.3. The van der Waals surface area contributed by atoms with Gasteiger partial charge in [0.1, 0.15) is 11.6 Å². The van der Waals surface area contributed by atoms with E-state index in [0.717, 1.165) is 63.3 Å². The zero-order chi connectivity index (χ0) is 30.4. The van der Waals surface area contributed by atoms with Crippen LogP contribution in [0.15, 0.2) is 49.1 Å². The molecule has 0 saturated carbocycles. The summed E-state index contributed by atoms with van der Waals surface area (Å²) in [6, 6.07) is 9.03. The van der Waals surface area contributed by atoms with Gasteiger partial charge in [-0.2, -0.15) is 0 Å². The molecule has 3 aromatic rings. The van der Waals surface area contributed by atoms with E-state index >= 15 is 0 Å². The van der Waals surface area contributed by atoms with E-state index in [2.05, 4.69) is 74.8 Å². The number of aromatic amines is 2. The Balaban J connectivity index is 1.81. The Morgan fingerprint density at radius 3 is 2.12 bits per heavy atom. The van der Waals surface area contributed by atoms with Gasteiger partial charge in [0, 0.05) is 50.0 Å². The lowest BCUT2D eigenvalue weighted by molar-refractivity contribution is -0.148. The van der Waals surface area contributed by atoms with Crippen LogP contribution in [0.1, 0.15) is 108 Å². The van der Waals surface area contributed by atoms with Crippen molar-refractivity contribution in [3.63, 3.8) is 0 Å². The molecule has 0 bridgehead atoms. The number of hydrogen-bond donors (Lipinski definition) is 3. The van der Waals surface area contributed by atoms with Gasteiger partial charge in [-0.1, -0.05) is 51.0 Å². The summed E-state index contributed by atoms with van der Waals surface area (Å²) in [5, 5.41) is 0. The monoisotopic (exact) mass is 579 g/mol. The predicted molar refractivity (Wildman–Crippen MR) is 168 cm³/mol. The highest BCUT2D eigenvalue weighted by molar-refractivity contribution is 5.69. The zero-order valence-electron chi connectivity index (χ0n) is 26.4. The number of nitrogens with one attached hydrogen (secondary N) is 2. The zero-order valence-corrected chi connectivity index (χ0v) is 26.4. The number of imidazole rings is 2. The van der Waals surface area contributed by atoms with Gasteiger partial charge in [-0.15, -0.1) is 0 Å². The molecule has 0 aliphatic carbocycles. The Morgan fingerprint density at radius 1 is 0.929 bits per heavy atom. The molecule has 1 unspecified atom stereocenters. The molecule has 0 aliphatic rings. The average molecular weight is 580 g/mol. The van der Waals surface area contributed by atoms with Gasteiger partial charge in [0.2, 0.25) is 0 Å². The third-order valence-corrected chi connectivity index (χ3v) is 8.05. The molecule has 0 fully saturated rings. The Kier molecular flexibility index (Phi) is 13.7. The quantitative estimate of drug-likeness (QED) is 0.138. The molecule has 1 atom stereocenters. The number of aromatic nitrogens is 4. The number of esters is 1. The topological polar surface area (TPSA) is 116 Å². The maximum absolute atomic E-state index is 12.6. The lowest BCUT2D eigenvalue weighted by Crippen LogP contribution is -2.49. The SMILES string of the molecule is CCCC(CCC)(CCCN)N(CCC(=O)OC(C)C)Cc1ccc(CN(Cc2ncc[nH]2)C(C)c2ncc[nH]2)cc1. The number of carbonyl (C=O) groups is 1. The van der Waals surface area contributed by atoms with E-state index in [1.165, 1.54) is 11.1 Å². The number of nitrogens with zero attached hydrogens (tertiary/aromatic N) is 4. The molecule has 0 amide bonds. The highest BCUT2D eigenvalue weighted by atomic mass is 16.5. The molecule has 42 heavy (non-hydrogen) atoms. The Bertz CT molecular complexity index is 1120. The molecule has 9 heteroatoms. The molecule has 0 radical (unpaired) electrons. The Labute approximate surface area is 252 Å². The second kappa shape index (κ2) is 17.2. The second-order valence-electron chi connectivity index (χ2n) is 11.7. The number of benzene rings is 1. The molecule has 232 valence electrons. The summed E-state index contributed by atoms with van der Waals surface area (Å²) in [4.78, 5) is 32.9. The molecule has 0 saturated heterocycles. The van der Waals surface area contributed by atoms with Crippen LogP contribution in [0, 0.1) is 0 Å². The van der Waals surface area contributed by atoms with Crippen molar-refractivity contribution in [3.8, 4) is 0 Å². The maximum atomic E-state index is 12.6. The van der Waals surface area contributed by atoms with E-state index < -0.39 is 0 Å². The molecule has 1 aromatic carbocycles. The molecule has 4 N–H and O–H groups in total. The van der Waals surface area contributed by atoms with Crippen LogP contribution in [0.4, 0.5) is 0 Å². The van der Waals surface area contributed by atoms with Crippen molar-refractivity contribution >= 4 is 5.97 Å². The number of hydrogen-bond acceptors (Lipinski definition) is 7. The van der Waals surface area contributed by atoms with Crippen molar-refractivity contribution in [1.82, 2.24) is 29.7 Å². The Hall–Kier alpha value is -3.01. The summed E-state index contributed by atoms with van der Waals surface area (Å²) in [5.41, 5.74) is 8.49. The fourth-order valence-electron chi connectivity index (χ4n) is 6.03. The van der Waals surface area contributed by atoms with E-state index in [-0.39, 0.29) is 23.7 Å². The van der Waals surface area contributed by atoms with E-state index in [4.69, 9.17) is 10.5 Å². The van der Waals surface area contributed by atoms with Gasteiger partial charge >= 0.3 is 5.97 Å². The minimum Gasteiger partial charge on any atom is -0.463 e.